The molecule has 2 N–H and O–H groups in total. The van der Waals surface area contributed by atoms with Crippen LogP contribution in [0.25, 0.3) is 0 Å². The highest BCUT2D eigenvalue weighted by Gasteiger charge is 2.64. The highest BCUT2D eigenvalue weighted by molar-refractivity contribution is 6.31. The predicted octanol–water partition coefficient (Wildman–Crippen LogP) is 5.29. The monoisotopic (exact) mass is 802 g/mol. The van der Waals surface area contributed by atoms with Gasteiger partial charge in [0.05, 0.1) is 21.7 Å². The number of nitrogens with one attached hydrogen (secondary N) is 2. The molecular formula is C45H47ClN6O6. The summed E-state index contributed by atoms with van der Waals surface area (Å²) < 4.78 is 6.38. The number of likely N-dealkylation sites (tertiary alicyclic amines) is 1. The van der Waals surface area contributed by atoms with Gasteiger partial charge in [-0.1, -0.05) is 39.3 Å². The number of fused-ring (bicyclic) bond motifs is 2. The van der Waals surface area contributed by atoms with Gasteiger partial charge in [-0.05, 0) is 91.8 Å². The summed E-state index contributed by atoms with van der Waals surface area (Å²) in [5, 5.41) is 15.1. The molecule has 4 aliphatic heterocycles. The van der Waals surface area contributed by atoms with Crippen molar-refractivity contribution in [2.75, 3.05) is 31.1 Å². The summed E-state index contributed by atoms with van der Waals surface area (Å²) in [6.45, 7) is 12.2. The molecule has 6 aliphatic rings. The van der Waals surface area contributed by atoms with E-state index in [4.69, 9.17) is 16.3 Å². The van der Waals surface area contributed by atoms with Gasteiger partial charge in [0.2, 0.25) is 11.8 Å². The molecule has 0 bridgehead atoms. The molecular weight excluding hydrogens is 756 g/mol. The summed E-state index contributed by atoms with van der Waals surface area (Å²) in [7, 11) is 0. The van der Waals surface area contributed by atoms with Gasteiger partial charge in [-0.25, -0.2) is 0 Å². The van der Waals surface area contributed by atoms with Crippen LogP contribution in [-0.4, -0.2) is 89.7 Å². The van der Waals surface area contributed by atoms with Gasteiger partial charge in [0.15, 0.2) is 0 Å². The molecule has 13 heteroatoms. The zero-order chi connectivity index (χ0) is 40.9. The third kappa shape index (κ3) is 6.16. The lowest BCUT2D eigenvalue weighted by Crippen LogP contribution is -2.74. The molecule has 3 saturated heterocycles. The molecule has 300 valence electrons. The van der Waals surface area contributed by atoms with E-state index >= 15 is 0 Å². The Balaban J connectivity index is 0.759. The molecule has 58 heavy (non-hydrogen) atoms. The highest BCUT2D eigenvalue weighted by atomic mass is 35.5. The molecule has 0 aromatic heterocycles. The predicted molar refractivity (Wildman–Crippen MR) is 216 cm³/mol. The second-order valence-corrected chi connectivity index (χ2v) is 18.8. The van der Waals surface area contributed by atoms with Crippen molar-refractivity contribution in [3.8, 4) is 11.8 Å². The van der Waals surface area contributed by atoms with E-state index in [0.29, 0.717) is 39.1 Å². The van der Waals surface area contributed by atoms with Crippen LogP contribution in [-0.2, 0) is 22.4 Å². The summed E-state index contributed by atoms with van der Waals surface area (Å²) in [6.07, 6.45) is 3.88. The van der Waals surface area contributed by atoms with E-state index in [0.717, 1.165) is 73.6 Å². The number of piperidine rings is 2. The number of hydrogen-bond acceptors (Lipinski definition) is 9. The third-order valence-corrected chi connectivity index (χ3v) is 14.2. The van der Waals surface area contributed by atoms with Crippen LogP contribution in [0.3, 0.4) is 0 Å². The first kappa shape index (κ1) is 38.3. The van der Waals surface area contributed by atoms with Crippen molar-refractivity contribution in [1.29, 1.82) is 5.26 Å². The van der Waals surface area contributed by atoms with E-state index in [2.05, 4.69) is 54.2 Å². The maximum atomic E-state index is 13.5. The fourth-order valence-corrected chi connectivity index (χ4v) is 11.4. The molecule has 1 atom stereocenters. The highest BCUT2D eigenvalue weighted by Crippen LogP contribution is 2.56. The fourth-order valence-electron chi connectivity index (χ4n) is 11.2. The van der Waals surface area contributed by atoms with Crippen molar-refractivity contribution in [2.24, 2.45) is 16.2 Å². The number of benzene rings is 3. The number of rotatable bonds is 7. The number of carbonyl (C=O) groups is 5. The molecule has 9 rings (SSSR count). The number of amides is 5. The molecule has 1 spiro atoms. The first-order valence-electron chi connectivity index (χ1n) is 20.2. The van der Waals surface area contributed by atoms with Crippen molar-refractivity contribution < 1.29 is 28.7 Å². The van der Waals surface area contributed by atoms with E-state index < -0.39 is 23.8 Å². The van der Waals surface area contributed by atoms with Gasteiger partial charge in [0, 0.05) is 78.2 Å². The number of nitriles is 1. The Morgan fingerprint density at radius 2 is 1.50 bits per heavy atom. The van der Waals surface area contributed by atoms with Crippen LogP contribution < -0.4 is 20.3 Å². The number of halogens is 1. The first-order valence-corrected chi connectivity index (χ1v) is 20.6. The zero-order valence-electron chi connectivity index (χ0n) is 33.2. The largest absolute Gasteiger partial charge is 0.489 e. The van der Waals surface area contributed by atoms with Crippen molar-refractivity contribution >= 4 is 46.8 Å². The lowest BCUT2D eigenvalue weighted by atomic mass is 9.49. The average molecular weight is 803 g/mol. The Bertz CT molecular complexity index is 2260. The smallest absolute Gasteiger partial charge is 0.262 e. The SMILES string of the molecule is CC1(C)[C@H](NC(=O)c2ccc(N3CCC(N4CC5(Cc6cc7c(cc6C5)C(=O)N(C5CCC(=O)NC5=O)C7=O)C4)CC3)cc2)C(C)(C)[C@H]1Oc1ccc(C#N)c(Cl)c1. The molecule has 3 aromatic carbocycles. The topological polar surface area (TPSA) is 152 Å². The average Bonchev–Trinajstić information content (AvgIpc) is 3.68. The Morgan fingerprint density at radius 1 is 0.879 bits per heavy atom. The van der Waals surface area contributed by atoms with Crippen LogP contribution in [0, 0.1) is 27.6 Å². The maximum absolute atomic E-state index is 13.5. The van der Waals surface area contributed by atoms with Crippen molar-refractivity contribution in [3.63, 3.8) is 0 Å². The van der Waals surface area contributed by atoms with Gasteiger partial charge in [-0.3, -0.25) is 39.1 Å². The number of ether oxygens (including phenoxy) is 1. The molecule has 5 amide bonds. The Hall–Kier alpha value is -5.25. The lowest BCUT2D eigenvalue weighted by Gasteiger charge is -2.63. The van der Waals surface area contributed by atoms with E-state index in [9.17, 15) is 29.2 Å². The summed E-state index contributed by atoms with van der Waals surface area (Å²) >= 11 is 6.25. The minimum Gasteiger partial charge on any atom is -0.489 e. The van der Waals surface area contributed by atoms with E-state index in [1.54, 1.807) is 18.2 Å². The quantitative estimate of drug-likeness (QED) is 0.304. The normalized spacial score (nSPS) is 25.7. The lowest BCUT2D eigenvalue weighted by molar-refractivity contribution is -0.164. The minimum absolute atomic E-state index is 0.101. The number of imide groups is 2. The van der Waals surface area contributed by atoms with Crippen LogP contribution in [0.15, 0.2) is 54.6 Å². The molecule has 4 heterocycles. The number of hydrogen-bond donors (Lipinski definition) is 2. The zero-order valence-corrected chi connectivity index (χ0v) is 33.9. The van der Waals surface area contributed by atoms with Gasteiger partial charge >= 0.3 is 0 Å². The van der Waals surface area contributed by atoms with Crippen molar-refractivity contribution in [3.05, 3.63) is 93.0 Å². The fraction of sp³-hybridized carbons (Fsp3) is 0.467. The molecule has 3 aromatic rings. The van der Waals surface area contributed by atoms with Gasteiger partial charge in [0.1, 0.15) is 24.0 Å². The van der Waals surface area contributed by atoms with Crippen LogP contribution >= 0.6 is 11.6 Å². The van der Waals surface area contributed by atoms with E-state index in [1.165, 1.54) is 0 Å². The first-order chi connectivity index (χ1) is 27.6. The Labute approximate surface area is 342 Å². The van der Waals surface area contributed by atoms with Crippen LogP contribution in [0.4, 0.5) is 5.69 Å². The van der Waals surface area contributed by atoms with Crippen molar-refractivity contribution in [1.82, 2.24) is 20.4 Å². The van der Waals surface area contributed by atoms with Crippen molar-refractivity contribution in [2.45, 2.75) is 90.4 Å². The third-order valence-electron chi connectivity index (χ3n) is 13.9. The summed E-state index contributed by atoms with van der Waals surface area (Å²) in [5.74, 6) is -1.40. The standard InChI is InChI=1S/C45H47ClN6O6/c1-43(2)41(44(3,4)42(43)58-31-10-7-26(22-47)34(46)19-31)49-37(54)25-5-8-29(9-6-25)50-15-13-30(14-16-50)51-23-45(24-51)20-27-17-32-33(18-28(27)21-45)40(57)52(39(32)56)35-11-12-36(53)48-38(35)55/h5-10,17-19,30,35,41-42H,11-16,20-21,23-24H2,1-4H3,(H,49,54)(H,48,53,55)/t35?,41-,42-. The van der Waals surface area contributed by atoms with Crippen LogP contribution in [0.5, 0.6) is 5.75 Å². The molecule has 4 fully saturated rings. The number of carbonyl (C=O) groups excluding carboxylic acids is 5. The molecule has 1 unspecified atom stereocenters. The van der Waals surface area contributed by atoms with Gasteiger partial charge in [-0.15, -0.1) is 0 Å². The minimum atomic E-state index is -0.957. The molecule has 1 saturated carbocycles. The van der Waals surface area contributed by atoms with E-state index in [1.807, 2.05) is 36.4 Å². The molecule has 2 aliphatic carbocycles. The van der Waals surface area contributed by atoms with Crippen LogP contribution in [0.1, 0.15) is 101 Å². The number of anilines is 1. The molecule has 0 radical (unpaired) electrons. The Kier molecular flexibility index (Phi) is 9.02. The Morgan fingerprint density at radius 3 is 2.07 bits per heavy atom. The van der Waals surface area contributed by atoms with Gasteiger partial charge in [0.25, 0.3) is 17.7 Å². The summed E-state index contributed by atoms with van der Waals surface area (Å²) in [5.41, 5.74) is 4.46. The van der Waals surface area contributed by atoms with Gasteiger partial charge in [-0.2, -0.15) is 5.26 Å². The summed E-state index contributed by atoms with van der Waals surface area (Å²) in [4.78, 5) is 70.4. The summed E-state index contributed by atoms with van der Waals surface area (Å²) in [6, 6.07) is 18.2. The second-order valence-electron chi connectivity index (χ2n) is 18.4. The molecule has 12 nitrogen and oxygen atoms in total. The maximum Gasteiger partial charge on any atom is 0.262 e. The second kappa shape index (κ2) is 13.7. The van der Waals surface area contributed by atoms with Gasteiger partial charge < -0.3 is 15.0 Å². The van der Waals surface area contributed by atoms with E-state index in [-0.39, 0.29) is 53.0 Å². The van der Waals surface area contributed by atoms with Crippen LogP contribution in [0.2, 0.25) is 5.02 Å². The number of nitrogens with zero attached hydrogens (tertiary/aromatic N) is 4.